The summed E-state index contributed by atoms with van der Waals surface area (Å²) in [5.74, 6) is 0.359. The number of ether oxygens (including phenoxy) is 1. The maximum absolute atomic E-state index is 11.5. The van der Waals surface area contributed by atoms with Gasteiger partial charge in [0.25, 0.3) is 5.91 Å². The van der Waals surface area contributed by atoms with E-state index in [0.717, 1.165) is 18.4 Å². The summed E-state index contributed by atoms with van der Waals surface area (Å²) in [4.78, 5) is 11.5. The van der Waals surface area contributed by atoms with Crippen molar-refractivity contribution < 1.29 is 9.53 Å². The molecule has 1 rings (SSSR count). The first kappa shape index (κ1) is 15.8. The Hall–Kier alpha value is -1.26. The molecule has 0 heterocycles. The quantitative estimate of drug-likeness (QED) is 0.757. The molecule has 106 valence electrons. The number of rotatable bonds is 7. The Morgan fingerprint density at radius 1 is 1.53 bits per heavy atom. The highest BCUT2D eigenvalue weighted by Gasteiger charge is 2.08. The Bertz CT molecular complexity index is 422. The molecule has 3 N–H and O–H groups in total. The number of benzene rings is 1. The Balaban J connectivity index is 2.47. The average molecular weight is 285 g/mol. The fourth-order valence-corrected chi connectivity index (χ4v) is 1.76. The third-order valence-electron chi connectivity index (χ3n) is 2.69. The van der Waals surface area contributed by atoms with E-state index in [0.29, 0.717) is 17.3 Å². The van der Waals surface area contributed by atoms with Crippen molar-refractivity contribution in [2.75, 3.05) is 13.2 Å². The van der Waals surface area contributed by atoms with E-state index in [4.69, 9.17) is 22.1 Å². The first-order chi connectivity index (χ1) is 9.04. The number of carbonyl (C=O) groups excluding carboxylic acids is 1. The molecular weight excluding hydrogens is 264 g/mol. The van der Waals surface area contributed by atoms with Gasteiger partial charge in [-0.25, -0.2) is 0 Å². The number of unbranched alkanes of at least 4 members (excludes halogenated alkanes) is 1. The number of carbonyl (C=O) groups is 1. The van der Waals surface area contributed by atoms with E-state index in [2.05, 4.69) is 12.2 Å². The van der Waals surface area contributed by atoms with Crippen LogP contribution in [0.5, 0.6) is 5.75 Å². The van der Waals surface area contributed by atoms with Crippen LogP contribution in [0.2, 0.25) is 5.02 Å². The minimum atomic E-state index is -0.138. The highest BCUT2D eigenvalue weighted by molar-refractivity contribution is 6.32. The van der Waals surface area contributed by atoms with Gasteiger partial charge >= 0.3 is 0 Å². The standard InChI is InChI=1S/C14H21ClN2O2/c1-3-4-7-17-14(18)9-19-13-6-5-11(10(2)16)8-12(13)15/h5-6,8,10H,3-4,7,9,16H2,1-2H3,(H,17,18). The summed E-state index contributed by atoms with van der Waals surface area (Å²) in [6.07, 6.45) is 2.02. The van der Waals surface area contributed by atoms with Crippen LogP contribution in [0.1, 0.15) is 38.3 Å². The zero-order valence-corrected chi connectivity index (χ0v) is 12.2. The van der Waals surface area contributed by atoms with Crippen molar-refractivity contribution in [1.82, 2.24) is 5.32 Å². The van der Waals surface area contributed by atoms with Gasteiger partial charge in [0.1, 0.15) is 5.75 Å². The van der Waals surface area contributed by atoms with Crippen molar-refractivity contribution in [1.29, 1.82) is 0 Å². The van der Waals surface area contributed by atoms with Gasteiger partial charge in [-0.3, -0.25) is 4.79 Å². The molecule has 1 aromatic rings. The van der Waals surface area contributed by atoms with E-state index in [1.165, 1.54) is 0 Å². The maximum atomic E-state index is 11.5. The van der Waals surface area contributed by atoms with Crippen LogP contribution < -0.4 is 15.8 Å². The molecule has 0 saturated carbocycles. The first-order valence-corrected chi connectivity index (χ1v) is 6.87. The molecule has 0 radical (unpaired) electrons. The molecule has 1 aromatic carbocycles. The number of amides is 1. The van der Waals surface area contributed by atoms with Crippen LogP contribution in [0.4, 0.5) is 0 Å². The van der Waals surface area contributed by atoms with E-state index < -0.39 is 0 Å². The third-order valence-corrected chi connectivity index (χ3v) is 2.99. The van der Waals surface area contributed by atoms with Crippen LogP contribution in [0, 0.1) is 0 Å². The normalized spacial score (nSPS) is 12.0. The lowest BCUT2D eigenvalue weighted by atomic mass is 10.1. The van der Waals surface area contributed by atoms with Crippen molar-refractivity contribution >= 4 is 17.5 Å². The van der Waals surface area contributed by atoms with Crippen LogP contribution in [-0.2, 0) is 4.79 Å². The maximum Gasteiger partial charge on any atom is 0.257 e. The zero-order chi connectivity index (χ0) is 14.3. The van der Waals surface area contributed by atoms with E-state index in [1.807, 2.05) is 13.0 Å². The monoisotopic (exact) mass is 284 g/mol. The Morgan fingerprint density at radius 3 is 2.84 bits per heavy atom. The summed E-state index contributed by atoms with van der Waals surface area (Å²) in [6.45, 7) is 4.60. The average Bonchev–Trinajstić information content (AvgIpc) is 2.37. The Labute approximate surface area is 119 Å². The Morgan fingerprint density at radius 2 is 2.26 bits per heavy atom. The van der Waals surface area contributed by atoms with Gasteiger partial charge in [-0.1, -0.05) is 31.0 Å². The van der Waals surface area contributed by atoms with Gasteiger partial charge in [0.05, 0.1) is 5.02 Å². The van der Waals surface area contributed by atoms with Gasteiger partial charge in [-0.2, -0.15) is 0 Å². The van der Waals surface area contributed by atoms with Gasteiger partial charge in [0.2, 0.25) is 0 Å². The molecule has 0 spiro atoms. The van der Waals surface area contributed by atoms with Crippen molar-refractivity contribution in [2.45, 2.75) is 32.7 Å². The first-order valence-electron chi connectivity index (χ1n) is 6.49. The number of hydrogen-bond donors (Lipinski definition) is 2. The van der Waals surface area contributed by atoms with Crippen molar-refractivity contribution in [3.63, 3.8) is 0 Å². The van der Waals surface area contributed by atoms with E-state index in [1.54, 1.807) is 12.1 Å². The third kappa shape index (κ3) is 5.49. The Kier molecular flexibility index (Phi) is 6.67. The molecule has 4 nitrogen and oxygen atoms in total. The number of nitrogens with two attached hydrogens (primary N) is 1. The highest BCUT2D eigenvalue weighted by atomic mass is 35.5. The molecule has 1 atom stereocenters. The molecule has 0 bridgehead atoms. The minimum absolute atomic E-state index is 0.0268. The molecule has 0 aromatic heterocycles. The lowest BCUT2D eigenvalue weighted by Gasteiger charge is -2.11. The van der Waals surface area contributed by atoms with Gasteiger partial charge < -0.3 is 15.8 Å². The van der Waals surface area contributed by atoms with E-state index in [9.17, 15) is 4.79 Å². The van der Waals surface area contributed by atoms with Crippen LogP contribution in [0.25, 0.3) is 0 Å². The second kappa shape index (κ2) is 8.02. The number of hydrogen-bond acceptors (Lipinski definition) is 3. The fourth-order valence-electron chi connectivity index (χ4n) is 1.52. The predicted octanol–water partition coefficient (Wildman–Crippen LogP) is 2.65. The molecule has 0 aliphatic carbocycles. The van der Waals surface area contributed by atoms with Crippen LogP contribution in [0.3, 0.4) is 0 Å². The highest BCUT2D eigenvalue weighted by Crippen LogP contribution is 2.27. The summed E-state index contributed by atoms with van der Waals surface area (Å²) in [6, 6.07) is 5.27. The lowest BCUT2D eigenvalue weighted by Crippen LogP contribution is -2.29. The zero-order valence-electron chi connectivity index (χ0n) is 11.4. The molecule has 0 saturated heterocycles. The fraction of sp³-hybridized carbons (Fsp3) is 0.500. The topological polar surface area (TPSA) is 64.3 Å². The molecule has 0 aliphatic rings. The summed E-state index contributed by atoms with van der Waals surface area (Å²) >= 11 is 6.07. The second-order valence-electron chi connectivity index (χ2n) is 4.47. The van der Waals surface area contributed by atoms with Crippen molar-refractivity contribution in [3.05, 3.63) is 28.8 Å². The van der Waals surface area contributed by atoms with Crippen molar-refractivity contribution in [3.8, 4) is 5.75 Å². The second-order valence-corrected chi connectivity index (χ2v) is 4.88. The SMILES string of the molecule is CCCCNC(=O)COc1ccc(C(C)N)cc1Cl. The molecule has 0 fully saturated rings. The smallest absolute Gasteiger partial charge is 0.257 e. The van der Waals surface area contributed by atoms with E-state index >= 15 is 0 Å². The number of halogens is 1. The van der Waals surface area contributed by atoms with E-state index in [-0.39, 0.29) is 18.6 Å². The molecular formula is C14H21ClN2O2. The van der Waals surface area contributed by atoms with Gasteiger partial charge in [0, 0.05) is 12.6 Å². The minimum Gasteiger partial charge on any atom is -0.482 e. The summed E-state index contributed by atoms with van der Waals surface area (Å²) in [5.41, 5.74) is 6.69. The molecule has 0 aliphatic heterocycles. The van der Waals surface area contributed by atoms with Crippen molar-refractivity contribution in [2.24, 2.45) is 5.73 Å². The summed E-state index contributed by atoms with van der Waals surface area (Å²) in [7, 11) is 0. The molecule has 5 heteroatoms. The van der Waals surface area contributed by atoms with Crippen LogP contribution >= 0.6 is 11.6 Å². The van der Waals surface area contributed by atoms with Crippen LogP contribution in [0.15, 0.2) is 18.2 Å². The number of nitrogens with one attached hydrogen (secondary N) is 1. The largest absolute Gasteiger partial charge is 0.482 e. The van der Waals surface area contributed by atoms with Gasteiger partial charge in [-0.15, -0.1) is 0 Å². The van der Waals surface area contributed by atoms with Gasteiger partial charge in [0.15, 0.2) is 6.61 Å². The van der Waals surface area contributed by atoms with Gasteiger partial charge in [-0.05, 0) is 31.0 Å². The summed E-state index contributed by atoms with van der Waals surface area (Å²) < 4.78 is 5.38. The molecule has 1 amide bonds. The molecule has 19 heavy (non-hydrogen) atoms. The lowest BCUT2D eigenvalue weighted by molar-refractivity contribution is -0.123. The molecule has 1 unspecified atom stereocenters. The summed E-state index contributed by atoms with van der Waals surface area (Å²) in [5, 5.41) is 3.24. The predicted molar refractivity (Wildman–Crippen MR) is 77.5 cm³/mol. The van der Waals surface area contributed by atoms with Crippen LogP contribution in [-0.4, -0.2) is 19.1 Å².